The van der Waals surface area contributed by atoms with Crippen LogP contribution in [-0.4, -0.2) is 13.2 Å². The molecule has 0 bridgehead atoms. The van der Waals surface area contributed by atoms with Crippen LogP contribution in [0.15, 0.2) is 72.3 Å². The van der Waals surface area contributed by atoms with E-state index in [0.29, 0.717) is 35.9 Å². The van der Waals surface area contributed by atoms with E-state index in [4.69, 9.17) is 14.2 Å². The van der Waals surface area contributed by atoms with Gasteiger partial charge < -0.3 is 14.2 Å². The van der Waals surface area contributed by atoms with Gasteiger partial charge in [0.05, 0.1) is 6.61 Å². The topological polar surface area (TPSA) is 27.7 Å². The van der Waals surface area contributed by atoms with Crippen LogP contribution in [0.1, 0.15) is 78.2 Å². The lowest BCUT2D eigenvalue weighted by Gasteiger charge is -2.59. The van der Waals surface area contributed by atoms with Gasteiger partial charge in [-0.1, -0.05) is 82.7 Å². The summed E-state index contributed by atoms with van der Waals surface area (Å²) in [5, 5.41) is 0. The van der Waals surface area contributed by atoms with Gasteiger partial charge in [0, 0.05) is 24.1 Å². The third-order valence-electron chi connectivity index (χ3n) is 9.73. The molecule has 38 heavy (non-hydrogen) atoms. The summed E-state index contributed by atoms with van der Waals surface area (Å²) in [6, 6.07) is 16.4. The van der Waals surface area contributed by atoms with Crippen molar-refractivity contribution in [2.45, 2.75) is 79.2 Å². The number of hydrogen-bond acceptors (Lipinski definition) is 3. The number of hydrogen-bond donors (Lipinski definition) is 0. The maximum atomic E-state index is 6.63. The summed E-state index contributed by atoms with van der Waals surface area (Å²) in [4.78, 5) is 0. The number of benzene rings is 2. The summed E-state index contributed by atoms with van der Waals surface area (Å²) in [7, 11) is 0. The molecule has 0 saturated heterocycles. The largest absolute Gasteiger partial charge is 0.493 e. The molecule has 3 aliphatic carbocycles. The summed E-state index contributed by atoms with van der Waals surface area (Å²) >= 11 is 0. The lowest BCUT2D eigenvalue weighted by atomic mass is 9.47. The fourth-order valence-corrected chi connectivity index (χ4v) is 7.63. The van der Waals surface area contributed by atoms with E-state index in [9.17, 15) is 0 Å². The summed E-state index contributed by atoms with van der Waals surface area (Å²) in [6.07, 6.45) is 15.5. The molecule has 3 nitrogen and oxygen atoms in total. The van der Waals surface area contributed by atoms with Crippen molar-refractivity contribution in [3.8, 4) is 17.2 Å². The van der Waals surface area contributed by atoms with Gasteiger partial charge in [0.2, 0.25) is 0 Å². The van der Waals surface area contributed by atoms with Gasteiger partial charge in [0.25, 0.3) is 0 Å². The van der Waals surface area contributed by atoms with Crippen molar-refractivity contribution in [2.24, 2.45) is 28.6 Å². The van der Waals surface area contributed by atoms with Crippen molar-refractivity contribution in [1.82, 2.24) is 0 Å². The maximum absolute atomic E-state index is 6.63. The summed E-state index contributed by atoms with van der Waals surface area (Å²) in [6.45, 7) is 11.8. The van der Waals surface area contributed by atoms with Crippen molar-refractivity contribution < 1.29 is 14.2 Å². The Kier molecular flexibility index (Phi) is 8.21. The highest BCUT2D eigenvalue weighted by Crippen LogP contribution is 2.61. The van der Waals surface area contributed by atoms with Crippen LogP contribution >= 0.6 is 0 Å². The Bertz CT molecular complexity index is 1130. The standard InChI is InChI=1S/C35H46O3/c1-26-16-17-33-34(2,3)18-11-19-35(33,4)32(26)25-38-31-21-29(36-23-27-12-7-5-8-13-27)20-30(22-31)37-24-28-14-9-6-10-15-28/h5,7-9,12-15,20-22,26,32-33H,6,10-11,16-19,23-25H2,1-4H3. The van der Waals surface area contributed by atoms with Crippen LogP contribution in [0.5, 0.6) is 17.2 Å². The Labute approximate surface area is 230 Å². The molecular formula is C35H46O3. The Morgan fingerprint density at radius 3 is 2.24 bits per heavy atom. The van der Waals surface area contributed by atoms with Crippen molar-refractivity contribution in [3.63, 3.8) is 0 Å². The summed E-state index contributed by atoms with van der Waals surface area (Å²) < 4.78 is 19.1. The maximum Gasteiger partial charge on any atom is 0.127 e. The molecule has 5 rings (SSSR count). The normalized spacial score (nSPS) is 28.2. The van der Waals surface area contributed by atoms with Gasteiger partial charge in [-0.05, 0) is 72.3 Å². The third kappa shape index (κ3) is 6.14. The molecule has 3 aliphatic rings. The molecule has 3 heteroatoms. The number of rotatable bonds is 9. The minimum atomic E-state index is 0.333. The van der Waals surface area contributed by atoms with E-state index in [1.807, 2.05) is 36.4 Å². The fraction of sp³-hybridized carbons (Fsp3) is 0.543. The van der Waals surface area contributed by atoms with Gasteiger partial charge in [0.15, 0.2) is 0 Å². The van der Waals surface area contributed by atoms with E-state index in [1.165, 1.54) is 37.7 Å². The highest BCUT2D eigenvalue weighted by Gasteiger charge is 2.53. The lowest BCUT2D eigenvalue weighted by molar-refractivity contribution is -0.105. The van der Waals surface area contributed by atoms with Crippen LogP contribution in [0.2, 0.25) is 0 Å². The molecule has 0 amide bonds. The predicted octanol–water partition coefficient (Wildman–Crippen LogP) is 9.18. The molecule has 0 spiro atoms. The van der Waals surface area contributed by atoms with Crippen molar-refractivity contribution in [2.75, 3.05) is 13.2 Å². The van der Waals surface area contributed by atoms with Gasteiger partial charge >= 0.3 is 0 Å². The minimum Gasteiger partial charge on any atom is -0.493 e. The van der Waals surface area contributed by atoms with Crippen LogP contribution in [0.25, 0.3) is 0 Å². The Morgan fingerprint density at radius 2 is 1.53 bits per heavy atom. The minimum absolute atomic E-state index is 0.333. The molecule has 2 fully saturated rings. The number of allylic oxidation sites excluding steroid dienone is 2. The van der Waals surface area contributed by atoms with E-state index in [0.717, 1.165) is 48.2 Å². The van der Waals surface area contributed by atoms with Crippen LogP contribution < -0.4 is 14.2 Å². The second-order valence-corrected chi connectivity index (χ2v) is 12.8. The SMILES string of the molecule is CC1CCC2C(C)(C)CCCC2(C)C1COc1cc(OCC2=CCCC=C2)cc(OCc2ccccc2)c1. The molecule has 0 aromatic heterocycles. The van der Waals surface area contributed by atoms with Gasteiger partial charge in [-0.15, -0.1) is 0 Å². The first kappa shape index (κ1) is 26.9. The quantitative estimate of drug-likeness (QED) is 0.334. The zero-order chi connectivity index (χ0) is 26.6. The Hall–Kier alpha value is -2.68. The monoisotopic (exact) mass is 514 g/mol. The first-order chi connectivity index (χ1) is 18.3. The molecule has 0 aliphatic heterocycles. The molecule has 0 heterocycles. The van der Waals surface area contributed by atoms with Gasteiger partial charge in [-0.25, -0.2) is 0 Å². The van der Waals surface area contributed by atoms with Crippen LogP contribution in [0, 0.1) is 28.6 Å². The molecule has 2 aromatic carbocycles. The van der Waals surface area contributed by atoms with Crippen LogP contribution in [-0.2, 0) is 6.61 Å². The van der Waals surface area contributed by atoms with Gasteiger partial charge in [0.1, 0.15) is 30.5 Å². The molecule has 204 valence electrons. The van der Waals surface area contributed by atoms with E-state index < -0.39 is 0 Å². The van der Waals surface area contributed by atoms with E-state index in [-0.39, 0.29) is 0 Å². The highest BCUT2D eigenvalue weighted by molar-refractivity contribution is 5.42. The first-order valence-electron chi connectivity index (χ1n) is 14.8. The van der Waals surface area contributed by atoms with Gasteiger partial charge in [-0.2, -0.15) is 0 Å². The molecule has 2 aromatic rings. The smallest absolute Gasteiger partial charge is 0.127 e. The third-order valence-corrected chi connectivity index (χ3v) is 9.73. The molecule has 0 N–H and O–H groups in total. The molecule has 0 radical (unpaired) electrons. The van der Waals surface area contributed by atoms with E-state index >= 15 is 0 Å². The van der Waals surface area contributed by atoms with Crippen molar-refractivity contribution in [1.29, 1.82) is 0 Å². The van der Waals surface area contributed by atoms with E-state index in [2.05, 4.69) is 58.1 Å². The summed E-state index contributed by atoms with van der Waals surface area (Å²) in [5.74, 6) is 4.41. The molecule has 2 saturated carbocycles. The summed E-state index contributed by atoms with van der Waals surface area (Å²) in [5.41, 5.74) is 3.12. The number of fused-ring (bicyclic) bond motifs is 1. The van der Waals surface area contributed by atoms with E-state index in [1.54, 1.807) is 0 Å². The average molecular weight is 515 g/mol. The Balaban J connectivity index is 1.33. The average Bonchev–Trinajstić information content (AvgIpc) is 2.91. The predicted molar refractivity (Wildman–Crippen MR) is 156 cm³/mol. The highest BCUT2D eigenvalue weighted by atomic mass is 16.5. The second-order valence-electron chi connectivity index (χ2n) is 12.8. The zero-order valence-electron chi connectivity index (χ0n) is 23.9. The molecule has 4 unspecified atom stereocenters. The lowest BCUT2D eigenvalue weighted by Crippen LogP contribution is -2.52. The van der Waals surface area contributed by atoms with Crippen LogP contribution in [0.3, 0.4) is 0 Å². The zero-order valence-corrected chi connectivity index (χ0v) is 23.9. The van der Waals surface area contributed by atoms with Gasteiger partial charge in [-0.3, -0.25) is 0 Å². The molecule has 4 atom stereocenters. The Morgan fingerprint density at radius 1 is 0.816 bits per heavy atom. The van der Waals surface area contributed by atoms with Crippen molar-refractivity contribution in [3.05, 3.63) is 77.9 Å². The number of ether oxygens (including phenoxy) is 3. The van der Waals surface area contributed by atoms with Crippen LogP contribution in [0.4, 0.5) is 0 Å². The molecular weight excluding hydrogens is 468 g/mol. The second kappa shape index (κ2) is 11.6. The van der Waals surface area contributed by atoms with Crippen molar-refractivity contribution >= 4 is 0 Å². The first-order valence-corrected chi connectivity index (χ1v) is 14.8. The fourth-order valence-electron chi connectivity index (χ4n) is 7.63.